The first-order chi connectivity index (χ1) is 8.99. The molecule has 2 rings (SSSR count). The van der Waals surface area contributed by atoms with Crippen LogP contribution in [-0.4, -0.2) is 38.7 Å². The number of ether oxygens (including phenoxy) is 1. The number of hydrogen-bond acceptors (Lipinski definition) is 4. The molecular weight excluding hydrogens is 269 g/mol. The van der Waals surface area contributed by atoms with Crippen LogP contribution in [-0.2, 0) is 14.6 Å². The zero-order valence-corrected chi connectivity index (χ0v) is 11.6. The van der Waals surface area contributed by atoms with E-state index < -0.39 is 15.1 Å². The van der Waals surface area contributed by atoms with Gasteiger partial charge in [-0.25, -0.2) is 12.8 Å². The van der Waals surface area contributed by atoms with Gasteiger partial charge in [0, 0.05) is 18.8 Å². The molecule has 0 aromatic heterocycles. The van der Waals surface area contributed by atoms with Crippen molar-refractivity contribution in [3.8, 4) is 0 Å². The Hall–Kier alpha value is -1.14. The molecule has 1 heterocycles. The summed E-state index contributed by atoms with van der Waals surface area (Å²) in [6.45, 7) is 2.62. The van der Waals surface area contributed by atoms with E-state index in [1.54, 1.807) is 19.1 Å². The van der Waals surface area contributed by atoms with Crippen LogP contribution in [0.2, 0.25) is 0 Å². The Balaban J connectivity index is 1.86. The fourth-order valence-corrected chi connectivity index (χ4v) is 4.05. The van der Waals surface area contributed by atoms with Crippen LogP contribution in [0.5, 0.6) is 0 Å². The third kappa shape index (κ3) is 3.67. The molecule has 0 amide bonds. The second-order valence-electron chi connectivity index (χ2n) is 4.70. The fourth-order valence-electron chi connectivity index (χ4n) is 2.24. The van der Waals surface area contributed by atoms with E-state index in [1.165, 1.54) is 12.1 Å². The van der Waals surface area contributed by atoms with Crippen LogP contribution < -0.4 is 5.32 Å². The average Bonchev–Trinajstić information content (AvgIpc) is 2.79. The highest BCUT2D eigenvalue weighted by atomic mass is 32.2. The first-order valence-electron chi connectivity index (χ1n) is 6.31. The third-order valence-corrected chi connectivity index (χ3v) is 5.64. The van der Waals surface area contributed by atoms with Gasteiger partial charge in [-0.3, -0.25) is 0 Å². The van der Waals surface area contributed by atoms with Gasteiger partial charge >= 0.3 is 0 Å². The van der Waals surface area contributed by atoms with Crippen LogP contribution in [0.3, 0.4) is 0 Å². The van der Waals surface area contributed by atoms with Gasteiger partial charge in [0.15, 0.2) is 9.84 Å². The van der Waals surface area contributed by atoms with Gasteiger partial charge in [0.05, 0.1) is 17.1 Å². The smallest absolute Gasteiger partial charge is 0.157 e. The number of benzene rings is 1. The van der Waals surface area contributed by atoms with Gasteiger partial charge in [-0.1, -0.05) is 0 Å². The Labute approximate surface area is 112 Å². The molecule has 106 valence electrons. The summed E-state index contributed by atoms with van der Waals surface area (Å²) in [5.74, 6) is -0.252. The molecule has 0 saturated carbocycles. The largest absolute Gasteiger partial charge is 0.384 e. The number of halogens is 1. The van der Waals surface area contributed by atoms with E-state index in [9.17, 15) is 12.8 Å². The van der Waals surface area contributed by atoms with Gasteiger partial charge in [0.25, 0.3) is 0 Å². The average molecular weight is 287 g/mol. The summed E-state index contributed by atoms with van der Waals surface area (Å²) in [6.07, 6.45) is 0.343. The molecular formula is C13H18FNO3S. The minimum Gasteiger partial charge on any atom is -0.384 e. The number of hydrogen-bond donors (Lipinski definition) is 1. The minimum absolute atomic E-state index is 0.0583. The summed E-state index contributed by atoms with van der Waals surface area (Å²) in [4.78, 5) is 0. The fraction of sp³-hybridized carbons (Fsp3) is 0.538. The van der Waals surface area contributed by atoms with Gasteiger partial charge in [-0.2, -0.15) is 0 Å². The lowest BCUT2D eigenvalue weighted by atomic mass is 10.3. The molecule has 4 nitrogen and oxygen atoms in total. The summed E-state index contributed by atoms with van der Waals surface area (Å²) in [7, 11) is -3.15. The van der Waals surface area contributed by atoms with Crippen molar-refractivity contribution < 1.29 is 17.5 Å². The number of rotatable bonds is 5. The van der Waals surface area contributed by atoms with Gasteiger partial charge in [-0.15, -0.1) is 0 Å². The summed E-state index contributed by atoms with van der Waals surface area (Å²) in [6, 6.07) is 5.85. The Morgan fingerprint density at radius 2 is 2.05 bits per heavy atom. The Morgan fingerprint density at radius 3 is 2.63 bits per heavy atom. The Bertz CT molecular complexity index is 515. The lowest BCUT2D eigenvalue weighted by Crippen LogP contribution is -2.32. The van der Waals surface area contributed by atoms with E-state index >= 15 is 0 Å². The predicted molar refractivity (Wildman–Crippen MR) is 72.5 cm³/mol. The minimum atomic E-state index is -3.15. The van der Waals surface area contributed by atoms with Gasteiger partial charge < -0.3 is 10.1 Å². The molecule has 2 unspecified atom stereocenters. The first-order valence-corrected chi connectivity index (χ1v) is 8.03. The normalized spacial score (nSPS) is 23.5. The molecule has 1 aromatic rings. The molecule has 1 fully saturated rings. The van der Waals surface area contributed by atoms with Crippen LogP contribution in [0, 0.1) is 5.82 Å². The monoisotopic (exact) mass is 287 g/mol. The van der Waals surface area contributed by atoms with Crippen molar-refractivity contribution in [3.05, 3.63) is 30.1 Å². The van der Waals surface area contributed by atoms with Crippen LogP contribution in [0.4, 0.5) is 10.1 Å². The molecule has 1 aliphatic heterocycles. The van der Waals surface area contributed by atoms with Crippen LogP contribution >= 0.6 is 0 Å². The highest BCUT2D eigenvalue weighted by molar-refractivity contribution is 7.92. The van der Waals surface area contributed by atoms with Crippen molar-refractivity contribution in [2.45, 2.75) is 24.7 Å². The third-order valence-electron chi connectivity index (χ3n) is 3.33. The van der Waals surface area contributed by atoms with E-state index in [-0.39, 0.29) is 17.7 Å². The quantitative estimate of drug-likeness (QED) is 0.897. The highest BCUT2D eigenvalue weighted by Gasteiger charge is 2.35. The molecule has 1 saturated heterocycles. The highest BCUT2D eigenvalue weighted by Crippen LogP contribution is 2.21. The predicted octanol–water partition coefficient (Wildman–Crippen LogP) is 1.83. The lowest BCUT2D eigenvalue weighted by Gasteiger charge is -2.15. The molecule has 1 aliphatic rings. The van der Waals surface area contributed by atoms with Gasteiger partial charge in [0.1, 0.15) is 5.82 Å². The van der Waals surface area contributed by atoms with Crippen molar-refractivity contribution in [1.29, 1.82) is 0 Å². The van der Waals surface area contributed by atoms with Crippen LogP contribution in [0.25, 0.3) is 0 Å². The SMILES string of the molecule is CC1OCCC1S(=O)(=O)CCNc1ccc(F)cc1. The van der Waals surface area contributed by atoms with E-state index in [0.29, 0.717) is 25.3 Å². The van der Waals surface area contributed by atoms with Crippen molar-refractivity contribution in [2.24, 2.45) is 0 Å². The molecule has 1 aromatic carbocycles. The number of nitrogens with one attached hydrogen (secondary N) is 1. The lowest BCUT2D eigenvalue weighted by molar-refractivity contribution is 0.126. The summed E-state index contributed by atoms with van der Waals surface area (Å²) in [5, 5.41) is 2.58. The zero-order chi connectivity index (χ0) is 13.9. The standard InChI is InChI=1S/C13H18FNO3S/c1-10-13(6-8-18-10)19(16,17)9-7-15-12-4-2-11(14)3-5-12/h2-5,10,13,15H,6-9H2,1H3. The topological polar surface area (TPSA) is 55.4 Å². The summed E-state index contributed by atoms with van der Waals surface area (Å²) < 4.78 is 42.2. The van der Waals surface area contributed by atoms with Crippen molar-refractivity contribution in [3.63, 3.8) is 0 Å². The van der Waals surface area contributed by atoms with Gasteiger partial charge in [0.2, 0.25) is 0 Å². The molecule has 0 spiro atoms. The van der Waals surface area contributed by atoms with Crippen LogP contribution in [0.1, 0.15) is 13.3 Å². The molecule has 0 radical (unpaired) electrons. The zero-order valence-electron chi connectivity index (χ0n) is 10.8. The first kappa shape index (κ1) is 14.3. The molecule has 2 atom stereocenters. The van der Waals surface area contributed by atoms with E-state index in [0.717, 1.165) is 0 Å². The van der Waals surface area contributed by atoms with E-state index in [1.807, 2.05) is 0 Å². The molecule has 6 heteroatoms. The summed E-state index contributed by atoms with van der Waals surface area (Å²) in [5.41, 5.74) is 0.715. The Morgan fingerprint density at radius 1 is 1.37 bits per heavy atom. The number of sulfone groups is 1. The maximum absolute atomic E-state index is 12.7. The van der Waals surface area contributed by atoms with Crippen molar-refractivity contribution in [2.75, 3.05) is 24.2 Å². The van der Waals surface area contributed by atoms with Crippen LogP contribution in [0.15, 0.2) is 24.3 Å². The second kappa shape index (κ2) is 5.88. The van der Waals surface area contributed by atoms with E-state index in [4.69, 9.17) is 4.74 Å². The van der Waals surface area contributed by atoms with Crippen molar-refractivity contribution >= 4 is 15.5 Å². The van der Waals surface area contributed by atoms with E-state index in [2.05, 4.69) is 5.32 Å². The maximum atomic E-state index is 12.7. The molecule has 0 bridgehead atoms. The maximum Gasteiger partial charge on any atom is 0.157 e. The summed E-state index contributed by atoms with van der Waals surface area (Å²) >= 11 is 0. The Kier molecular flexibility index (Phi) is 4.42. The van der Waals surface area contributed by atoms with Crippen molar-refractivity contribution in [1.82, 2.24) is 0 Å². The molecule has 0 aliphatic carbocycles. The molecule has 19 heavy (non-hydrogen) atoms. The number of anilines is 1. The molecule has 1 N–H and O–H groups in total. The van der Waals surface area contributed by atoms with Gasteiger partial charge in [-0.05, 0) is 37.6 Å². The second-order valence-corrected chi connectivity index (χ2v) is 7.04.